The number of benzene rings is 1. The van der Waals surface area contributed by atoms with E-state index in [0.717, 1.165) is 12.1 Å². The number of amides is 1. The lowest BCUT2D eigenvalue weighted by molar-refractivity contribution is 0.0957. The van der Waals surface area contributed by atoms with Crippen LogP contribution < -0.4 is 5.32 Å². The van der Waals surface area contributed by atoms with Gasteiger partial charge in [-0.25, -0.2) is 8.78 Å². The van der Waals surface area contributed by atoms with Crippen molar-refractivity contribution in [1.82, 2.24) is 5.32 Å². The van der Waals surface area contributed by atoms with E-state index in [1.807, 2.05) is 0 Å². The highest BCUT2D eigenvalue weighted by molar-refractivity contribution is 5.94. The van der Waals surface area contributed by atoms with E-state index in [2.05, 4.69) is 11.9 Å². The topological polar surface area (TPSA) is 29.1 Å². The second-order valence-electron chi connectivity index (χ2n) is 3.06. The molecule has 0 aliphatic rings. The lowest BCUT2D eigenvalue weighted by atomic mass is 10.1. The molecule has 4 heteroatoms. The molecule has 2 nitrogen and oxygen atoms in total. The van der Waals surface area contributed by atoms with Crippen LogP contribution in [0.4, 0.5) is 8.78 Å². The molecule has 0 spiro atoms. The molecule has 0 atom stereocenters. The van der Waals surface area contributed by atoms with Gasteiger partial charge in [0, 0.05) is 17.7 Å². The van der Waals surface area contributed by atoms with Gasteiger partial charge < -0.3 is 5.32 Å². The van der Waals surface area contributed by atoms with Crippen molar-refractivity contribution in [1.29, 1.82) is 0 Å². The van der Waals surface area contributed by atoms with E-state index in [0.29, 0.717) is 0 Å². The van der Waals surface area contributed by atoms with Crippen molar-refractivity contribution < 1.29 is 13.6 Å². The van der Waals surface area contributed by atoms with Gasteiger partial charge in [-0.05, 0) is 19.1 Å². The van der Waals surface area contributed by atoms with Gasteiger partial charge in [0.15, 0.2) is 0 Å². The van der Waals surface area contributed by atoms with Crippen molar-refractivity contribution in [3.8, 4) is 0 Å². The predicted molar refractivity (Wildman–Crippen MR) is 53.6 cm³/mol. The quantitative estimate of drug-likeness (QED) is 0.763. The molecule has 0 radical (unpaired) electrons. The standard InChI is InChI=1S/C11H11F2NO/c1-3-4-14-11(15)8-5-9(12)7(2)10(13)6-8/h3,5-6H,1,4H2,2H3,(H,14,15). The summed E-state index contributed by atoms with van der Waals surface area (Å²) in [5.74, 6) is -1.97. The van der Waals surface area contributed by atoms with E-state index in [-0.39, 0.29) is 17.7 Å². The Morgan fingerprint density at radius 2 is 2.00 bits per heavy atom. The number of carbonyl (C=O) groups excluding carboxylic acids is 1. The highest BCUT2D eigenvalue weighted by atomic mass is 19.1. The molecule has 0 heterocycles. The fourth-order valence-corrected chi connectivity index (χ4v) is 1.04. The number of carbonyl (C=O) groups is 1. The summed E-state index contributed by atoms with van der Waals surface area (Å²) in [6.07, 6.45) is 1.48. The Morgan fingerprint density at radius 1 is 1.47 bits per heavy atom. The van der Waals surface area contributed by atoms with Crippen LogP contribution in [-0.4, -0.2) is 12.5 Å². The number of rotatable bonds is 3. The molecule has 1 rings (SSSR count). The molecular weight excluding hydrogens is 200 g/mol. The molecule has 0 aliphatic carbocycles. The van der Waals surface area contributed by atoms with Crippen molar-refractivity contribution in [3.05, 3.63) is 47.5 Å². The maximum atomic E-state index is 13.1. The molecule has 15 heavy (non-hydrogen) atoms. The first kappa shape index (κ1) is 11.4. The van der Waals surface area contributed by atoms with Gasteiger partial charge in [-0.15, -0.1) is 6.58 Å². The first-order valence-electron chi connectivity index (χ1n) is 4.41. The normalized spacial score (nSPS) is 9.80. The number of halogens is 2. The largest absolute Gasteiger partial charge is 0.349 e. The summed E-state index contributed by atoms with van der Waals surface area (Å²) in [7, 11) is 0. The Bertz CT molecular complexity index is 379. The van der Waals surface area contributed by atoms with E-state index in [4.69, 9.17) is 0 Å². The number of hydrogen-bond donors (Lipinski definition) is 1. The molecule has 0 aliphatic heterocycles. The maximum Gasteiger partial charge on any atom is 0.251 e. The van der Waals surface area contributed by atoms with Gasteiger partial charge in [-0.1, -0.05) is 6.08 Å². The summed E-state index contributed by atoms with van der Waals surface area (Å²) in [6.45, 7) is 4.99. The Hall–Kier alpha value is -1.71. The average Bonchev–Trinajstić information content (AvgIpc) is 2.21. The Kier molecular flexibility index (Phi) is 3.55. The molecule has 0 bridgehead atoms. The molecule has 0 saturated carbocycles. The van der Waals surface area contributed by atoms with E-state index in [1.165, 1.54) is 13.0 Å². The second-order valence-corrected chi connectivity index (χ2v) is 3.06. The molecule has 1 aromatic rings. The molecule has 0 unspecified atom stereocenters. The van der Waals surface area contributed by atoms with Crippen LogP contribution in [0.15, 0.2) is 24.8 Å². The SMILES string of the molecule is C=CCNC(=O)c1cc(F)c(C)c(F)c1. The predicted octanol–water partition coefficient (Wildman–Crippen LogP) is 2.19. The third-order valence-electron chi connectivity index (χ3n) is 1.95. The summed E-state index contributed by atoms with van der Waals surface area (Å²) in [5.41, 5.74) is -0.118. The van der Waals surface area contributed by atoms with Crippen molar-refractivity contribution >= 4 is 5.91 Å². The zero-order chi connectivity index (χ0) is 11.4. The zero-order valence-corrected chi connectivity index (χ0v) is 8.31. The van der Waals surface area contributed by atoms with Crippen molar-refractivity contribution in [2.45, 2.75) is 6.92 Å². The van der Waals surface area contributed by atoms with Gasteiger partial charge in [0.2, 0.25) is 0 Å². The van der Waals surface area contributed by atoms with Crippen LogP contribution in [-0.2, 0) is 0 Å². The molecule has 1 N–H and O–H groups in total. The molecule has 0 aromatic heterocycles. The first-order chi connectivity index (χ1) is 7.06. The van der Waals surface area contributed by atoms with E-state index in [1.54, 1.807) is 0 Å². The molecule has 0 saturated heterocycles. The van der Waals surface area contributed by atoms with Crippen molar-refractivity contribution in [3.63, 3.8) is 0 Å². The minimum Gasteiger partial charge on any atom is -0.349 e. The van der Waals surface area contributed by atoms with Gasteiger partial charge in [-0.2, -0.15) is 0 Å². The van der Waals surface area contributed by atoms with Crippen LogP contribution in [0.25, 0.3) is 0 Å². The van der Waals surface area contributed by atoms with Crippen LogP contribution in [0, 0.1) is 18.6 Å². The highest BCUT2D eigenvalue weighted by Crippen LogP contribution is 2.13. The van der Waals surface area contributed by atoms with Gasteiger partial charge in [-0.3, -0.25) is 4.79 Å². The highest BCUT2D eigenvalue weighted by Gasteiger charge is 2.11. The van der Waals surface area contributed by atoms with Crippen molar-refractivity contribution in [2.75, 3.05) is 6.54 Å². The minimum atomic E-state index is -0.723. The maximum absolute atomic E-state index is 13.1. The molecule has 80 valence electrons. The van der Waals surface area contributed by atoms with E-state index in [9.17, 15) is 13.6 Å². The summed E-state index contributed by atoms with van der Waals surface area (Å²) in [5, 5.41) is 2.43. The molecule has 1 aromatic carbocycles. The van der Waals surface area contributed by atoms with Crippen LogP contribution >= 0.6 is 0 Å². The molecule has 0 fully saturated rings. The van der Waals surface area contributed by atoms with Crippen LogP contribution in [0.2, 0.25) is 0 Å². The second kappa shape index (κ2) is 4.68. The van der Waals surface area contributed by atoms with E-state index < -0.39 is 17.5 Å². The summed E-state index contributed by atoms with van der Waals surface area (Å²) < 4.78 is 26.2. The lowest BCUT2D eigenvalue weighted by Crippen LogP contribution is -2.23. The Morgan fingerprint density at radius 3 is 2.47 bits per heavy atom. The number of nitrogens with one attached hydrogen (secondary N) is 1. The van der Waals surface area contributed by atoms with Gasteiger partial charge >= 0.3 is 0 Å². The summed E-state index contributed by atoms with van der Waals surface area (Å²) in [4.78, 5) is 11.3. The van der Waals surface area contributed by atoms with Crippen LogP contribution in [0.3, 0.4) is 0 Å². The van der Waals surface area contributed by atoms with Gasteiger partial charge in [0.05, 0.1) is 0 Å². The number of hydrogen-bond acceptors (Lipinski definition) is 1. The minimum absolute atomic E-state index is 0.0301. The van der Waals surface area contributed by atoms with Crippen LogP contribution in [0.1, 0.15) is 15.9 Å². The third kappa shape index (κ3) is 2.62. The first-order valence-corrected chi connectivity index (χ1v) is 4.41. The van der Waals surface area contributed by atoms with Gasteiger partial charge in [0.1, 0.15) is 11.6 Å². The fourth-order valence-electron chi connectivity index (χ4n) is 1.04. The molecular formula is C11H11F2NO. The average molecular weight is 211 g/mol. The summed E-state index contributed by atoms with van der Waals surface area (Å²) >= 11 is 0. The van der Waals surface area contributed by atoms with Crippen molar-refractivity contribution in [2.24, 2.45) is 0 Å². The summed E-state index contributed by atoms with van der Waals surface area (Å²) in [6, 6.07) is 2.02. The van der Waals surface area contributed by atoms with Gasteiger partial charge in [0.25, 0.3) is 5.91 Å². The monoisotopic (exact) mass is 211 g/mol. The third-order valence-corrected chi connectivity index (χ3v) is 1.95. The zero-order valence-electron chi connectivity index (χ0n) is 8.31. The fraction of sp³-hybridized carbons (Fsp3) is 0.182. The van der Waals surface area contributed by atoms with Crippen LogP contribution in [0.5, 0.6) is 0 Å². The smallest absolute Gasteiger partial charge is 0.251 e. The van der Waals surface area contributed by atoms with E-state index >= 15 is 0 Å². The Balaban J connectivity index is 2.95. The molecule has 1 amide bonds. The lowest BCUT2D eigenvalue weighted by Gasteiger charge is -2.04. The Labute approximate surface area is 86.6 Å².